The van der Waals surface area contributed by atoms with Crippen LogP contribution in [0.3, 0.4) is 0 Å². The van der Waals surface area contributed by atoms with Gasteiger partial charge in [-0.1, -0.05) is 139 Å². The Hall–Kier alpha value is -2.96. The van der Waals surface area contributed by atoms with E-state index in [0.717, 1.165) is 38.4 Å². The summed E-state index contributed by atoms with van der Waals surface area (Å²) in [5, 5.41) is 20.4. The normalized spacial score (nSPS) is 12.6. The predicted molar refractivity (Wildman–Crippen MR) is 167 cm³/mol. The van der Waals surface area contributed by atoms with Crippen LogP contribution in [0.5, 0.6) is 0 Å². The van der Waals surface area contributed by atoms with E-state index >= 15 is 0 Å². The molecule has 0 radical (unpaired) electrons. The number of carboxylic acids is 2. The van der Waals surface area contributed by atoms with Crippen LogP contribution >= 0.6 is 0 Å². The second kappa shape index (κ2) is 17.7. The van der Waals surface area contributed by atoms with Crippen LogP contribution in [-0.2, 0) is 14.0 Å². The van der Waals surface area contributed by atoms with E-state index < -0.39 is 20.3 Å². The molecule has 6 heteroatoms. The predicted octanol–water partition coefficient (Wildman–Crippen LogP) is 7.51. The molecule has 0 saturated heterocycles. The highest BCUT2D eigenvalue weighted by Crippen LogP contribution is 2.36. The quantitative estimate of drug-likeness (QED) is 0.0798. The van der Waals surface area contributed by atoms with Crippen LogP contribution in [0.25, 0.3) is 0 Å². The molecule has 0 aliphatic heterocycles. The maximum absolute atomic E-state index is 10.8. The highest BCUT2D eigenvalue weighted by atomic mass is 28.4. The zero-order chi connectivity index (χ0) is 29.3. The van der Waals surface area contributed by atoms with Gasteiger partial charge in [0.05, 0.1) is 6.42 Å². The molecule has 218 valence electrons. The molecule has 0 atom stereocenters. The maximum atomic E-state index is 10.8. The van der Waals surface area contributed by atoms with Crippen LogP contribution in [-0.4, -0.2) is 37.1 Å². The van der Waals surface area contributed by atoms with Gasteiger partial charge in [-0.05, 0) is 40.2 Å². The minimum absolute atomic E-state index is 0.0153. The second-order valence-corrected chi connectivity index (χ2v) is 15.8. The van der Waals surface area contributed by atoms with Crippen LogP contribution in [0, 0.1) is 0 Å². The van der Waals surface area contributed by atoms with Crippen LogP contribution in [0.1, 0.15) is 91.4 Å². The molecule has 40 heavy (non-hydrogen) atoms. The largest absolute Gasteiger partial charge is 0.481 e. The molecule has 5 nitrogen and oxygen atoms in total. The zero-order valence-corrected chi connectivity index (χ0v) is 25.6. The number of aliphatic carboxylic acids is 2. The number of carboxylic acid groups (broad SMARTS) is 2. The lowest BCUT2D eigenvalue weighted by molar-refractivity contribution is -0.136. The molecule has 0 aliphatic rings. The van der Waals surface area contributed by atoms with Gasteiger partial charge in [-0.25, -0.2) is 4.79 Å². The molecule has 2 N–H and O–H groups in total. The highest BCUT2D eigenvalue weighted by Gasteiger charge is 2.49. The highest BCUT2D eigenvalue weighted by molar-refractivity contribution is 6.99. The fourth-order valence-electron chi connectivity index (χ4n) is 5.31. The molecule has 0 spiro atoms. The van der Waals surface area contributed by atoms with Gasteiger partial charge in [0.15, 0.2) is 0 Å². The van der Waals surface area contributed by atoms with E-state index in [1.807, 2.05) is 6.08 Å². The maximum Gasteiger partial charge on any atom is 0.328 e. The van der Waals surface area contributed by atoms with Crippen molar-refractivity contribution in [2.75, 3.05) is 6.61 Å². The van der Waals surface area contributed by atoms with Crippen molar-refractivity contribution in [3.63, 3.8) is 0 Å². The van der Waals surface area contributed by atoms with E-state index in [2.05, 4.69) is 81.4 Å². The Morgan fingerprint density at radius 1 is 0.750 bits per heavy atom. The Morgan fingerprint density at radius 3 is 1.68 bits per heavy atom. The summed E-state index contributed by atoms with van der Waals surface area (Å²) in [7, 11) is -2.43. The number of allylic oxidation sites excluding steroid dienone is 2. The monoisotopic (exact) mass is 564 g/mol. The second-order valence-electron chi connectivity index (χ2n) is 11.5. The average molecular weight is 565 g/mol. The van der Waals surface area contributed by atoms with Crippen molar-refractivity contribution in [2.24, 2.45) is 0 Å². The van der Waals surface area contributed by atoms with Gasteiger partial charge in [-0.3, -0.25) is 4.79 Å². The van der Waals surface area contributed by atoms with Crippen molar-refractivity contribution in [3.8, 4) is 0 Å². The van der Waals surface area contributed by atoms with Crippen molar-refractivity contribution >= 4 is 30.6 Å². The average Bonchev–Trinajstić information content (AvgIpc) is 2.90. The van der Waals surface area contributed by atoms with Gasteiger partial charge in [0.1, 0.15) is 0 Å². The molecule has 0 amide bonds. The summed E-state index contributed by atoms with van der Waals surface area (Å²) in [5.41, 5.74) is 0.317. The molecule has 2 aromatic carbocycles. The van der Waals surface area contributed by atoms with E-state index in [0.29, 0.717) is 5.57 Å². The smallest absolute Gasteiger partial charge is 0.328 e. The Balaban J connectivity index is 1.68. The van der Waals surface area contributed by atoms with Crippen molar-refractivity contribution < 1.29 is 24.2 Å². The summed E-state index contributed by atoms with van der Waals surface area (Å²) in [6, 6.07) is 21.6. The standard InChI is InChI=1S/C34H48O5Si/c1-34(2,3)40(30-22-16-13-17-23-30,31-24-18-14-19-25-31)39-26-20-12-10-8-6-4-5-7-9-11-15-21-29(27-32(35)36)28-33(37)38/h13-19,21-25,27H,4-12,20,26,28H2,1-3H3,(H,35,36)(H,37,38)/b21-15+,29-27+. The Morgan fingerprint density at radius 2 is 1.23 bits per heavy atom. The number of benzene rings is 2. The first kappa shape index (κ1) is 33.2. The molecule has 0 unspecified atom stereocenters. The van der Waals surface area contributed by atoms with Gasteiger partial charge in [0, 0.05) is 12.7 Å². The van der Waals surface area contributed by atoms with Crippen molar-refractivity contribution in [1.29, 1.82) is 0 Å². The third-order valence-electron chi connectivity index (χ3n) is 7.25. The van der Waals surface area contributed by atoms with Crippen molar-refractivity contribution in [2.45, 2.75) is 96.4 Å². The van der Waals surface area contributed by atoms with Gasteiger partial charge in [0.25, 0.3) is 8.32 Å². The summed E-state index contributed by atoms with van der Waals surface area (Å²) >= 11 is 0. The molecule has 0 aromatic heterocycles. The fourth-order valence-corrected chi connectivity index (χ4v) is 9.92. The van der Waals surface area contributed by atoms with E-state index in [1.54, 1.807) is 6.08 Å². The van der Waals surface area contributed by atoms with E-state index in [-0.39, 0.29) is 11.5 Å². The molecule has 0 bridgehead atoms. The summed E-state index contributed by atoms with van der Waals surface area (Å²) in [6.45, 7) is 7.75. The summed E-state index contributed by atoms with van der Waals surface area (Å²) < 4.78 is 6.98. The first-order valence-electron chi connectivity index (χ1n) is 14.7. The minimum Gasteiger partial charge on any atom is -0.481 e. The number of hydrogen-bond donors (Lipinski definition) is 2. The third-order valence-corrected chi connectivity index (χ3v) is 12.3. The van der Waals surface area contributed by atoms with Crippen LogP contribution in [0.2, 0.25) is 5.04 Å². The number of unbranched alkanes of at least 4 members (excludes halogenated alkanes) is 9. The zero-order valence-electron chi connectivity index (χ0n) is 24.6. The summed E-state index contributed by atoms with van der Waals surface area (Å²) in [5.74, 6) is -2.14. The lowest BCUT2D eigenvalue weighted by atomic mass is 10.1. The van der Waals surface area contributed by atoms with Crippen molar-refractivity contribution in [1.82, 2.24) is 0 Å². The Bertz CT molecular complexity index is 1030. The summed E-state index contributed by atoms with van der Waals surface area (Å²) in [6.07, 6.45) is 15.6. The molecule has 2 aromatic rings. The lowest BCUT2D eigenvalue weighted by Gasteiger charge is -2.43. The van der Waals surface area contributed by atoms with E-state index in [4.69, 9.17) is 14.6 Å². The van der Waals surface area contributed by atoms with E-state index in [9.17, 15) is 9.59 Å². The van der Waals surface area contributed by atoms with Crippen LogP contribution in [0.4, 0.5) is 0 Å². The number of rotatable bonds is 19. The molecule has 0 aliphatic carbocycles. The van der Waals surface area contributed by atoms with Crippen LogP contribution < -0.4 is 10.4 Å². The number of hydrogen-bond acceptors (Lipinski definition) is 3. The van der Waals surface area contributed by atoms with E-state index in [1.165, 1.54) is 48.9 Å². The molecule has 0 saturated carbocycles. The first-order chi connectivity index (χ1) is 19.2. The topological polar surface area (TPSA) is 83.8 Å². The Labute approximate surface area is 242 Å². The summed E-state index contributed by atoms with van der Waals surface area (Å²) in [4.78, 5) is 21.6. The van der Waals surface area contributed by atoms with Crippen LogP contribution in [0.15, 0.2) is 84.5 Å². The molecule has 0 fully saturated rings. The van der Waals surface area contributed by atoms with Gasteiger partial charge in [-0.2, -0.15) is 0 Å². The van der Waals surface area contributed by atoms with Gasteiger partial charge in [-0.15, -0.1) is 0 Å². The third kappa shape index (κ3) is 11.3. The van der Waals surface area contributed by atoms with Gasteiger partial charge < -0.3 is 14.6 Å². The number of carbonyl (C=O) groups is 2. The van der Waals surface area contributed by atoms with Gasteiger partial charge >= 0.3 is 11.9 Å². The van der Waals surface area contributed by atoms with Gasteiger partial charge in [0.2, 0.25) is 0 Å². The molecule has 0 heterocycles. The van der Waals surface area contributed by atoms with Crippen molar-refractivity contribution in [3.05, 3.63) is 84.5 Å². The fraction of sp³-hybridized carbons (Fsp3) is 0.471. The minimum atomic E-state index is -2.43. The Kier molecular flexibility index (Phi) is 14.7. The molecular formula is C34H48O5Si. The lowest BCUT2D eigenvalue weighted by Crippen LogP contribution is -2.66. The molecular weight excluding hydrogens is 516 g/mol. The SMILES string of the molecule is CC(C)(C)[Si](OCCCCCCCCCCC/C=C/C(=C\C(=O)O)CC(=O)O)(c1ccccc1)c1ccccc1. The molecule has 2 rings (SSSR count). The first-order valence-corrected chi connectivity index (χ1v) is 16.6.